The van der Waals surface area contributed by atoms with Gasteiger partial charge in [-0.3, -0.25) is 4.79 Å². The van der Waals surface area contributed by atoms with E-state index in [1.54, 1.807) is 18.2 Å². The van der Waals surface area contributed by atoms with E-state index in [0.29, 0.717) is 16.5 Å². The molecule has 1 fully saturated rings. The van der Waals surface area contributed by atoms with Crippen LogP contribution in [0.2, 0.25) is 5.02 Å². The Morgan fingerprint density at radius 1 is 1.47 bits per heavy atom. The molecule has 2 rings (SSSR count). The minimum Gasteiger partial charge on any atom is -0.349 e. The smallest absolute Gasteiger partial charge is 0.251 e. The molecule has 92 valence electrons. The normalized spacial score (nSPS) is 17.4. The van der Waals surface area contributed by atoms with Gasteiger partial charge in [0.25, 0.3) is 5.91 Å². The van der Waals surface area contributed by atoms with E-state index in [0.717, 1.165) is 4.47 Å². The Balaban J connectivity index is 2.03. The monoisotopic (exact) mass is 315 g/mol. The lowest BCUT2D eigenvalue weighted by molar-refractivity contribution is 0.0909. The van der Waals surface area contributed by atoms with E-state index in [1.807, 2.05) is 0 Å². The summed E-state index contributed by atoms with van der Waals surface area (Å²) >= 11 is 9.26. The highest BCUT2D eigenvalue weighted by atomic mass is 79.9. The predicted molar refractivity (Wildman–Crippen MR) is 73.4 cm³/mol. The summed E-state index contributed by atoms with van der Waals surface area (Å²) in [6, 6.07) is 5.49. The number of rotatable bonds is 3. The average Bonchev–Trinajstić information content (AvgIpc) is 2.12. The van der Waals surface area contributed by atoms with E-state index in [9.17, 15) is 4.79 Å². The van der Waals surface area contributed by atoms with Gasteiger partial charge >= 0.3 is 0 Å². The SMILES string of the molecule is CC(NC(=O)c1cc(Cl)cc(Br)c1)C1CCC1. The Hall–Kier alpha value is -0.540. The molecule has 2 nitrogen and oxygen atoms in total. The molecule has 0 heterocycles. The van der Waals surface area contributed by atoms with Crippen LogP contribution in [0.4, 0.5) is 0 Å². The molecule has 1 amide bonds. The second kappa shape index (κ2) is 5.40. The average molecular weight is 317 g/mol. The molecular weight excluding hydrogens is 302 g/mol. The van der Waals surface area contributed by atoms with Gasteiger partial charge in [0.1, 0.15) is 0 Å². The standard InChI is InChI=1S/C13H15BrClNO/c1-8(9-3-2-4-9)16-13(17)10-5-11(14)7-12(15)6-10/h5-9H,2-4H2,1H3,(H,16,17). The van der Waals surface area contributed by atoms with E-state index >= 15 is 0 Å². The number of hydrogen-bond acceptors (Lipinski definition) is 1. The Labute approximate surface area is 115 Å². The molecule has 0 saturated heterocycles. The van der Waals surface area contributed by atoms with E-state index in [-0.39, 0.29) is 11.9 Å². The highest BCUT2D eigenvalue weighted by Gasteiger charge is 2.25. The third-order valence-electron chi connectivity index (χ3n) is 3.34. The van der Waals surface area contributed by atoms with Crippen molar-refractivity contribution in [2.75, 3.05) is 0 Å². The molecule has 1 unspecified atom stereocenters. The van der Waals surface area contributed by atoms with Crippen LogP contribution in [0, 0.1) is 5.92 Å². The van der Waals surface area contributed by atoms with Crippen LogP contribution in [-0.2, 0) is 0 Å². The minimum absolute atomic E-state index is 0.0485. The molecule has 4 heteroatoms. The second-order valence-electron chi connectivity index (χ2n) is 4.61. The summed E-state index contributed by atoms with van der Waals surface area (Å²) < 4.78 is 0.825. The van der Waals surface area contributed by atoms with E-state index in [1.165, 1.54) is 19.3 Å². The molecule has 0 aliphatic heterocycles. The van der Waals surface area contributed by atoms with Gasteiger partial charge in [-0.2, -0.15) is 0 Å². The molecule has 1 saturated carbocycles. The molecule has 17 heavy (non-hydrogen) atoms. The maximum atomic E-state index is 12.0. The van der Waals surface area contributed by atoms with Crippen LogP contribution in [0.1, 0.15) is 36.5 Å². The zero-order valence-corrected chi connectivity index (χ0v) is 12.0. The van der Waals surface area contributed by atoms with Crippen LogP contribution < -0.4 is 5.32 Å². The Bertz CT molecular complexity index is 411. The van der Waals surface area contributed by atoms with Crippen LogP contribution in [0.5, 0.6) is 0 Å². The number of carbonyl (C=O) groups is 1. The first-order valence-electron chi connectivity index (χ1n) is 5.83. The van der Waals surface area contributed by atoms with Gasteiger partial charge in [-0.15, -0.1) is 0 Å². The first kappa shape index (κ1) is 12.9. The van der Waals surface area contributed by atoms with Gasteiger partial charge in [0.2, 0.25) is 0 Å². The molecule has 1 atom stereocenters. The molecule has 1 aromatic carbocycles. The fraction of sp³-hybridized carbons (Fsp3) is 0.462. The number of nitrogens with one attached hydrogen (secondary N) is 1. The number of benzene rings is 1. The first-order chi connectivity index (χ1) is 8.06. The fourth-order valence-electron chi connectivity index (χ4n) is 2.03. The highest BCUT2D eigenvalue weighted by Crippen LogP contribution is 2.29. The molecule has 1 aromatic rings. The van der Waals surface area contributed by atoms with Crippen molar-refractivity contribution in [1.82, 2.24) is 5.32 Å². The van der Waals surface area contributed by atoms with E-state index in [2.05, 4.69) is 28.2 Å². The molecule has 0 spiro atoms. The fourth-order valence-corrected chi connectivity index (χ4v) is 2.89. The minimum atomic E-state index is -0.0485. The largest absolute Gasteiger partial charge is 0.349 e. The number of amides is 1. The molecular formula is C13H15BrClNO. The lowest BCUT2D eigenvalue weighted by Gasteiger charge is -2.31. The van der Waals surface area contributed by atoms with Crippen molar-refractivity contribution in [3.8, 4) is 0 Å². The number of carbonyl (C=O) groups excluding carboxylic acids is 1. The number of halogens is 2. The van der Waals surface area contributed by atoms with Crippen molar-refractivity contribution in [2.24, 2.45) is 5.92 Å². The Morgan fingerprint density at radius 2 is 2.18 bits per heavy atom. The zero-order chi connectivity index (χ0) is 12.4. The first-order valence-corrected chi connectivity index (χ1v) is 7.00. The van der Waals surface area contributed by atoms with Gasteiger partial charge in [-0.25, -0.2) is 0 Å². The van der Waals surface area contributed by atoms with Crippen LogP contribution >= 0.6 is 27.5 Å². The van der Waals surface area contributed by atoms with Crippen molar-refractivity contribution in [3.05, 3.63) is 33.3 Å². The van der Waals surface area contributed by atoms with Gasteiger partial charge in [-0.05, 0) is 43.9 Å². The summed E-state index contributed by atoms with van der Waals surface area (Å²) in [6.45, 7) is 2.07. The van der Waals surface area contributed by atoms with Gasteiger partial charge in [-0.1, -0.05) is 34.0 Å². The van der Waals surface area contributed by atoms with Gasteiger partial charge in [0.15, 0.2) is 0 Å². The summed E-state index contributed by atoms with van der Waals surface area (Å²) in [7, 11) is 0. The van der Waals surface area contributed by atoms with Crippen LogP contribution in [-0.4, -0.2) is 11.9 Å². The zero-order valence-electron chi connectivity index (χ0n) is 9.67. The lowest BCUT2D eigenvalue weighted by Crippen LogP contribution is -2.40. The summed E-state index contributed by atoms with van der Waals surface area (Å²) in [4.78, 5) is 12.0. The Morgan fingerprint density at radius 3 is 2.71 bits per heavy atom. The van der Waals surface area contributed by atoms with Crippen LogP contribution in [0.25, 0.3) is 0 Å². The molecule has 1 aliphatic carbocycles. The van der Waals surface area contributed by atoms with Gasteiger partial charge < -0.3 is 5.32 Å². The lowest BCUT2D eigenvalue weighted by atomic mass is 9.80. The molecule has 0 aromatic heterocycles. The van der Waals surface area contributed by atoms with E-state index in [4.69, 9.17) is 11.6 Å². The maximum absolute atomic E-state index is 12.0. The summed E-state index contributed by atoms with van der Waals surface area (Å²) in [6.07, 6.45) is 3.73. The number of hydrogen-bond donors (Lipinski definition) is 1. The van der Waals surface area contributed by atoms with Crippen molar-refractivity contribution in [3.63, 3.8) is 0 Å². The molecule has 1 aliphatic rings. The quantitative estimate of drug-likeness (QED) is 0.896. The molecule has 0 radical (unpaired) electrons. The van der Waals surface area contributed by atoms with E-state index < -0.39 is 0 Å². The summed E-state index contributed by atoms with van der Waals surface area (Å²) in [5.41, 5.74) is 0.607. The topological polar surface area (TPSA) is 29.1 Å². The third-order valence-corrected chi connectivity index (χ3v) is 4.02. The van der Waals surface area contributed by atoms with Crippen LogP contribution in [0.3, 0.4) is 0 Å². The molecule has 0 bridgehead atoms. The van der Waals surface area contributed by atoms with Gasteiger partial charge in [0, 0.05) is 21.1 Å². The second-order valence-corrected chi connectivity index (χ2v) is 5.96. The van der Waals surface area contributed by atoms with Crippen LogP contribution in [0.15, 0.2) is 22.7 Å². The maximum Gasteiger partial charge on any atom is 0.251 e. The highest BCUT2D eigenvalue weighted by molar-refractivity contribution is 9.10. The predicted octanol–water partition coefficient (Wildman–Crippen LogP) is 4.02. The third kappa shape index (κ3) is 3.23. The molecule has 1 N–H and O–H groups in total. The van der Waals surface area contributed by atoms with Crippen molar-refractivity contribution in [1.29, 1.82) is 0 Å². The van der Waals surface area contributed by atoms with Crippen molar-refractivity contribution in [2.45, 2.75) is 32.2 Å². The van der Waals surface area contributed by atoms with Gasteiger partial charge in [0.05, 0.1) is 0 Å². The Kier molecular flexibility index (Phi) is 4.10. The summed E-state index contributed by atoms with van der Waals surface area (Å²) in [5.74, 6) is 0.592. The summed E-state index contributed by atoms with van der Waals surface area (Å²) in [5, 5.41) is 3.60. The van der Waals surface area contributed by atoms with Crippen molar-refractivity contribution >= 4 is 33.4 Å². The van der Waals surface area contributed by atoms with Crippen molar-refractivity contribution < 1.29 is 4.79 Å².